The third-order valence-electron chi connectivity index (χ3n) is 3.91. The molecule has 2 aromatic heterocycles. The van der Waals surface area contributed by atoms with E-state index < -0.39 is 0 Å². The minimum atomic E-state index is 0.216. The Labute approximate surface area is 124 Å². The number of nitrogens with zero attached hydrogens (tertiary/aromatic N) is 3. The van der Waals surface area contributed by atoms with Gasteiger partial charge in [-0.25, -0.2) is 4.98 Å². The molecule has 0 saturated carbocycles. The number of likely N-dealkylation sites (N-methyl/N-ethyl adjacent to an activating group) is 1. The van der Waals surface area contributed by atoms with Crippen LogP contribution >= 0.6 is 0 Å². The number of rotatable bonds is 4. The Balaban J connectivity index is 1.94. The number of aromatic nitrogens is 3. The average Bonchev–Trinajstić information content (AvgIpc) is 2.81. The van der Waals surface area contributed by atoms with Gasteiger partial charge in [-0.05, 0) is 37.2 Å². The number of pyridine rings is 1. The normalized spacial score (nSPS) is 12.7. The van der Waals surface area contributed by atoms with E-state index in [1.54, 1.807) is 0 Å². The summed E-state index contributed by atoms with van der Waals surface area (Å²) in [5.74, 6) is 1.08. The van der Waals surface area contributed by atoms with Gasteiger partial charge in [0, 0.05) is 31.9 Å². The Hall–Kier alpha value is -2.20. The number of fused-ring (bicyclic) bond motifs is 1. The molecule has 0 spiro atoms. The van der Waals surface area contributed by atoms with E-state index in [0.717, 1.165) is 17.8 Å². The lowest BCUT2D eigenvalue weighted by molar-refractivity contribution is 0.564. The van der Waals surface area contributed by atoms with Crippen LogP contribution in [-0.4, -0.2) is 21.6 Å². The molecule has 1 N–H and O–H groups in total. The molecule has 3 rings (SSSR count). The molecule has 0 fully saturated rings. The number of hydrogen-bond acceptors (Lipinski definition) is 3. The summed E-state index contributed by atoms with van der Waals surface area (Å²) >= 11 is 0. The number of para-hydroxylation sites is 2. The number of imidazole rings is 1. The molecule has 1 unspecified atom stereocenters. The van der Waals surface area contributed by atoms with Crippen molar-refractivity contribution in [1.82, 2.24) is 19.9 Å². The smallest absolute Gasteiger partial charge is 0.111 e. The Morgan fingerprint density at radius 2 is 2.05 bits per heavy atom. The van der Waals surface area contributed by atoms with Crippen molar-refractivity contribution >= 4 is 11.0 Å². The van der Waals surface area contributed by atoms with Gasteiger partial charge in [0.15, 0.2) is 0 Å². The second kappa shape index (κ2) is 5.66. The Morgan fingerprint density at radius 1 is 1.24 bits per heavy atom. The van der Waals surface area contributed by atoms with Crippen molar-refractivity contribution in [3.05, 3.63) is 59.7 Å². The summed E-state index contributed by atoms with van der Waals surface area (Å²) in [6.45, 7) is 2.07. The number of benzene rings is 1. The van der Waals surface area contributed by atoms with Crippen LogP contribution in [0.5, 0.6) is 0 Å². The van der Waals surface area contributed by atoms with E-state index in [-0.39, 0.29) is 6.04 Å². The number of aryl methyl sites for hydroxylation is 2. The maximum atomic E-state index is 4.75. The molecule has 21 heavy (non-hydrogen) atoms. The van der Waals surface area contributed by atoms with Crippen molar-refractivity contribution in [1.29, 1.82) is 0 Å². The Bertz CT molecular complexity index is 760. The highest BCUT2D eigenvalue weighted by atomic mass is 15.1. The number of hydrogen-bond donors (Lipinski definition) is 1. The van der Waals surface area contributed by atoms with Crippen molar-refractivity contribution in [2.75, 3.05) is 7.05 Å². The maximum absolute atomic E-state index is 4.75. The van der Waals surface area contributed by atoms with Gasteiger partial charge >= 0.3 is 0 Å². The molecule has 0 aliphatic rings. The minimum absolute atomic E-state index is 0.216. The Morgan fingerprint density at radius 3 is 2.76 bits per heavy atom. The van der Waals surface area contributed by atoms with Crippen molar-refractivity contribution in [2.24, 2.45) is 7.05 Å². The van der Waals surface area contributed by atoms with Gasteiger partial charge in [0.05, 0.1) is 11.0 Å². The van der Waals surface area contributed by atoms with Gasteiger partial charge in [-0.2, -0.15) is 0 Å². The molecule has 0 aliphatic heterocycles. The summed E-state index contributed by atoms with van der Waals surface area (Å²) in [7, 11) is 4.06. The first-order valence-electron chi connectivity index (χ1n) is 7.18. The lowest BCUT2D eigenvalue weighted by atomic mass is 10.0. The molecular weight excluding hydrogens is 260 g/mol. The van der Waals surface area contributed by atoms with Crippen molar-refractivity contribution in [3.8, 4) is 0 Å². The zero-order valence-corrected chi connectivity index (χ0v) is 12.7. The molecule has 2 heterocycles. The van der Waals surface area contributed by atoms with Crippen LogP contribution in [0.4, 0.5) is 0 Å². The maximum Gasteiger partial charge on any atom is 0.111 e. The lowest BCUT2D eigenvalue weighted by Gasteiger charge is -2.16. The average molecular weight is 280 g/mol. The zero-order valence-electron chi connectivity index (χ0n) is 12.7. The standard InChI is InChI=1S/C17H20N4/c1-12-8-13(11-19-10-12)15(18-2)9-17-20-14-6-4-5-7-16(14)21(17)3/h4-8,10-11,15,18H,9H2,1-3H3. The van der Waals surface area contributed by atoms with Gasteiger partial charge < -0.3 is 9.88 Å². The predicted octanol–water partition coefficient (Wildman–Crippen LogP) is 2.78. The van der Waals surface area contributed by atoms with Crippen molar-refractivity contribution in [3.63, 3.8) is 0 Å². The SMILES string of the molecule is CNC(Cc1nc2ccccc2n1C)c1cncc(C)c1. The second-order valence-corrected chi connectivity index (χ2v) is 5.42. The molecule has 4 heteroatoms. The topological polar surface area (TPSA) is 42.7 Å². The van der Waals surface area contributed by atoms with Gasteiger partial charge in [0.2, 0.25) is 0 Å². The summed E-state index contributed by atoms with van der Waals surface area (Å²) in [6, 6.07) is 10.6. The first-order valence-corrected chi connectivity index (χ1v) is 7.18. The predicted molar refractivity (Wildman–Crippen MR) is 85.2 cm³/mol. The summed E-state index contributed by atoms with van der Waals surface area (Å²) in [4.78, 5) is 9.04. The van der Waals surface area contributed by atoms with Crippen LogP contribution in [0.1, 0.15) is 23.0 Å². The lowest BCUT2D eigenvalue weighted by Crippen LogP contribution is -2.20. The summed E-state index contributed by atoms with van der Waals surface area (Å²) in [5.41, 5.74) is 4.60. The van der Waals surface area contributed by atoms with Crippen LogP contribution in [0.2, 0.25) is 0 Å². The van der Waals surface area contributed by atoms with E-state index in [9.17, 15) is 0 Å². The third-order valence-corrected chi connectivity index (χ3v) is 3.91. The summed E-state index contributed by atoms with van der Waals surface area (Å²) in [6.07, 6.45) is 4.65. The van der Waals surface area contributed by atoms with Gasteiger partial charge in [0.1, 0.15) is 5.82 Å². The van der Waals surface area contributed by atoms with Crippen LogP contribution in [0.15, 0.2) is 42.7 Å². The molecular formula is C17H20N4. The fourth-order valence-corrected chi connectivity index (χ4v) is 2.72. The first-order chi connectivity index (χ1) is 10.2. The molecule has 0 aliphatic carbocycles. The molecule has 3 aromatic rings. The second-order valence-electron chi connectivity index (χ2n) is 5.42. The molecule has 0 saturated heterocycles. The van der Waals surface area contributed by atoms with Gasteiger partial charge in [-0.1, -0.05) is 18.2 Å². The van der Waals surface area contributed by atoms with E-state index in [1.807, 2.05) is 31.6 Å². The fourth-order valence-electron chi connectivity index (χ4n) is 2.72. The molecule has 108 valence electrons. The highest BCUT2D eigenvalue weighted by Gasteiger charge is 2.15. The van der Waals surface area contributed by atoms with Crippen molar-refractivity contribution in [2.45, 2.75) is 19.4 Å². The molecule has 0 radical (unpaired) electrons. The van der Waals surface area contributed by atoms with E-state index >= 15 is 0 Å². The van der Waals surface area contributed by atoms with Crippen LogP contribution in [-0.2, 0) is 13.5 Å². The summed E-state index contributed by atoms with van der Waals surface area (Å²) < 4.78 is 2.17. The zero-order chi connectivity index (χ0) is 14.8. The monoisotopic (exact) mass is 280 g/mol. The quantitative estimate of drug-likeness (QED) is 0.799. The largest absolute Gasteiger partial charge is 0.331 e. The molecule has 1 atom stereocenters. The molecule has 0 bridgehead atoms. The van der Waals surface area contributed by atoms with E-state index in [4.69, 9.17) is 4.98 Å². The van der Waals surface area contributed by atoms with E-state index in [2.05, 4.69) is 47.0 Å². The molecule has 4 nitrogen and oxygen atoms in total. The van der Waals surface area contributed by atoms with Crippen LogP contribution < -0.4 is 5.32 Å². The fraction of sp³-hybridized carbons (Fsp3) is 0.294. The highest BCUT2D eigenvalue weighted by Crippen LogP contribution is 2.21. The van der Waals surface area contributed by atoms with Crippen LogP contribution in [0, 0.1) is 6.92 Å². The van der Waals surface area contributed by atoms with Gasteiger partial charge in [-0.15, -0.1) is 0 Å². The van der Waals surface area contributed by atoms with Crippen LogP contribution in [0.3, 0.4) is 0 Å². The van der Waals surface area contributed by atoms with Gasteiger partial charge in [-0.3, -0.25) is 4.98 Å². The Kier molecular flexibility index (Phi) is 3.71. The first kappa shape index (κ1) is 13.8. The third kappa shape index (κ3) is 2.67. The minimum Gasteiger partial charge on any atom is -0.331 e. The van der Waals surface area contributed by atoms with Gasteiger partial charge in [0.25, 0.3) is 0 Å². The summed E-state index contributed by atoms with van der Waals surface area (Å²) in [5, 5.41) is 3.37. The highest BCUT2D eigenvalue weighted by molar-refractivity contribution is 5.75. The van der Waals surface area contributed by atoms with Crippen LogP contribution in [0.25, 0.3) is 11.0 Å². The molecule has 1 aromatic carbocycles. The van der Waals surface area contributed by atoms with E-state index in [0.29, 0.717) is 0 Å². The molecule has 0 amide bonds. The number of nitrogens with one attached hydrogen (secondary N) is 1. The van der Waals surface area contributed by atoms with E-state index in [1.165, 1.54) is 16.6 Å². The van der Waals surface area contributed by atoms with Crippen molar-refractivity contribution < 1.29 is 0 Å².